The monoisotopic (exact) mass is 321 g/mol. The minimum atomic E-state index is -0.0878. The second-order valence-electron chi connectivity index (χ2n) is 4.72. The lowest BCUT2D eigenvalue weighted by molar-refractivity contribution is -0.114. The van der Waals surface area contributed by atoms with E-state index in [1.807, 2.05) is 43.3 Å². The predicted molar refractivity (Wildman–Crippen MR) is 90.2 cm³/mol. The molecule has 22 heavy (non-hydrogen) atoms. The Morgan fingerprint density at radius 3 is 2.23 bits per heavy atom. The number of amides is 1. The minimum Gasteiger partial charge on any atom is -0.490 e. The average molecular weight is 322 g/mol. The van der Waals surface area contributed by atoms with Gasteiger partial charge in [0, 0.05) is 12.6 Å². The van der Waals surface area contributed by atoms with Crippen molar-refractivity contribution in [3.8, 4) is 11.5 Å². The van der Waals surface area contributed by atoms with E-state index >= 15 is 0 Å². The van der Waals surface area contributed by atoms with Crippen molar-refractivity contribution in [1.82, 2.24) is 0 Å². The molecule has 0 fully saturated rings. The number of anilines is 1. The third-order valence-corrected chi connectivity index (χ3v) is 2.79. The summed E-state index contributed by atoms with van der Waals surface area (Å²) in [6.45, 7) is 4.46. The highest BCUT2D eigenvalue weighted by atomic mass is 35.5. The van der Waals surface area contributed by atoms with Crippen molar-refractivity contribution in [3.05, 3.63) is 54.1 Å². The second kappa shape index (κ2) is 8.95. The van der Waals surface area contributed by atoms with E-state index in [1.54, 1.807) is 12.1 Å². The fraction of sp³-hybridized carbons (Fsp3) is 0.235. The smallest absolute Gasteiger partial charge is 0.221 e. The van der Waals surface area contributed by atoms with Crippen LogP contribution in [0.4, 0.5) is 5.69 Å². The summed E-state index contributed by atoms with van der Waals surface area (Å²) < 4.78 is 11.2. The molecule has 2 rings (SSSR count). The van der Waals surface area contributed by atoms with Gasteiger partial charge in [0.15, 0.2) is 0 Å². The highest BCUT2D eigenvalue weighted by Crippen LogP contribution is 2.16. The number of hydrogen-bond donors (Lipinski definition) is 1. The molecule has 0 saturated carbocycles. The summed E-state index contributed by atoms with van der Waals surface area (Å²) in [5, 5.41) is 2.71. The number of nitrogens with one attached hydrogen (secondary N) is 1. The van der Waals surface area contributed by atoms with Gasteiger partial charge in [0.1, 0.15) is 24.7 Å². The number of aryl methyl sites for hydroxylation is 1. The van der Waals surface area contributed by atoms with Crippen LogP contribution in [-0.2, 0) is 4.79 Å². The zero-order valence-electron chi connectivity index (χ0n) is 12.7. The Labute approximate surface area is 136 Å². The Morgan fingerprint density at radius 1 is 1.00 bits per heavy atom. The third-order valence-electron chi connectivity index (χ3n) is 2.79. The first kappa shape index (κ1) is 17.9. The molecule has 2 aromatic carbocycles. The molecule has 0 aliphatic carbocycles. The molecule has 0 unspecified atom stereocenters. The molecular weight excluding hydrogens is 302 g/mol. The molecule has 118 valence electrons. The molecule has 0 aromatic heterocycles. The molecule has 0 aliphatic heterocycles. The Morgan fingerprint density at radius 2 is 1.64 bits per heavy atom. The summed E-state index contributed by atoms with van der Waals surface area (Å²) >= 11 is 0. The van der Waals surface area contributed by atoms with E-state index in [0.29, 0.717) is 13.2 Å². The topological polar surface area (TPSA) is 47.6 Å². The Bertz CT molecular complexity index is 599. The maximum absolute atomic E-state index is 10.9. The maximum atomic E-state index is 10.9. The number of halogens is 1. The molecule has 5 heteroatoms. The first-order valence-electron chi connectivity index (χ1n) is 6.83. The van der Waals surface area contributed by atoms with Crippen LogP contribution in [0.2, 0.25) is 0 Å². The van der Waals surface area contributed by atoms with Gasteiger partial charge in [-0.3, -0.25) is 4.79 Å². The van der Waals surface area contributed by atoms with E-state index < -0.39 is 0 Å². The molecule has 1 N–H and O–H groups in total. The van der Waals surface area contributed by atoms with Gasteiger partial charge in [0.05, 0.1) is 0 Å². The van der Waals surface area contributed by atoms with Gasteiger partial charge in [-0.2, -0.15) is 0 Å². The number of carbonyl (C=O) groups excluding carboxylic acids is 1. The van der Waals surface area contributed by atoms with Gasteiger partial charge in [0.2, 0.25) is 5.91 Å². The molecule has 0 saturated heterocycles. The Balaban J connectivity index is 0.00000242. The van der Waals surface area contributed by atoms with Crippen molar-refractivity contribution in [2.75, 3.05) is 18.5 Å². The normalized spacial score (nSPS) is 9.55. The largest absolute Gasteiger partial charge is 0.490 e. The molecule has 0 aliphatic rings. The fourth-order valence-electron chi connectivity index (χ4n) is 1.86. The molecule has 4 nitrogen and oxygen atoms in total. The molecular formula is C17H20ClNO3. The summed E-state index contributed by atoms with van der Waals surface area (Å²) in [4.78, 5) is 10.9. The van der Waals surface area contributed by atoms with Gasteiger partial charge in [-0.25, -0.2) is 0 Å². The van der Waals surface area contributed by atoms with Crippen molar-refractivity contribution in [2.24, 2.45) is 0 Å². The first-order chi connectivity index (χ1) is 10.1. The maximum Gasteiger partial charge on any atom is 0.221 e. The Hall–Kier alpha value is -2.20. The van der Waals surface area contributed by atoms with Crippen LogP contribution in [-0.4, -0.2) is 19.1 Å². The van der Waals surface area contributed by atoms with Crippen LogP contribution in [0.5, 0.6) is 11.5 Å². The SMILES string of the molecule is CC(=O)Nc1ccc(OCCOc2cccc(C)c2)cc1.Cl. The number of hydrogen-bond acceptors (Lipinski definition) is 3. The first-order valence-corrected chi connectivity index (χ1v) is 6.83. The van der Waals surface area contributed by atoms with Crippen molar-refractivity contribution in [1.29, 1.82) is 0 Å². The molecule has 1 amide bonds. The van der Waals surface area contributed by atoms with Gasteiger partial charge < -0.3 is 14.8 Å². The van der Waals surface area contributed by atoms with Gasteiger partial charge in [0.25, 0.3) is 0 Å². The lowest BCUT2D eigenvalue weighted by Gasteiger charge is -2.09. The van der Waals surface area contributed by atoms with Crippen LogP contribution in [0.3, 0.4) is 0 Å². The van der Waals surface area contributed by atoms with E-state index in [2.05, 4.69) is 5.32 Å². The summed E-state index contributed by atoms with van der Waals surface area (Å²) in [7, 11) is 0. The van der Waals surface area contributed by atoms with Crippen LogP contribution < -0.4 is 14.8 Å². The number of rotatable bonds is 6. The average Bonchev–Trinajstić information content (AvgIpc) is 2.45. The van der Waals surface area contributed by atoms with Gasteiger partial charge in [-0.15, -0.1) is 12.4 Å². The Kier molecular flexibility index (Phi) is 7.26. The lowest BCUT2D eigenvalue weighted by atomic mass is 10.2. The van der Waals surface area contributed by atoms with Crippen molar-refractivity contribution >= 4 is 24.0 Å². The predicted octanol–water partition coefficient (Wildman–Crippen LogP) is 3.83. The zero-order chi connectivity index (χ0) is 15.1. The molecule has 0 heterocycles. The number of ether oxygens (including phenoxy) is 2. The summed E-state index contributed by atoms with van der Waals surface area (Å²) in [5.41, 5.74) is 1.92. The highest BCUT2D eigenvalue weighted by Gasteiger charge is 1.98. The zero-order valence-corrected chi connectivity index (χ0v) is 13.5. The standard InChI is InChI=1S/C17H19NO3.ClH/c1-13-4-3-5-17(12-13)21-11-10-20-16-8-6-15(7-9-16)18-14(2)19;/h3-9,12H,10-11H2,1-2H3,(H,18,19);1H. The highest BCUT2D eigenvalue weighted by molar-refractivity contribution is 5.88. The van der Waals surface area contributed by atoms with Crippen LogP contribution in [0.1, 0.15) is 12.5 Å². The van der Waals surface area contributed by atoms with Crippen LogP contribution >= 0.6 is 12.4 Å². The number of carbonyl (C=O) groups is 1. The van der Waals surface area contributed by atoms with Crippen molar-refractivity contribution in [2.45, 2.75) is 13.8 Å². The second-order valence-corrected chi connectivity index (χ2v) is 4.72. The summed E-state index contributed by atoms with van der Waals surface area (Å²) in [6.07, 6.45) is 0. The van der Waals surface area contributed by atoms with E-state index in [4.69, 9.17) is 9.47 Å². The molecule has 0 spiro atoms. The van der Waals surface area contributed by atoms with E-state index in [-0.39, 0.29) is 18.3 Å². The summed E-state index contributed by atoms with van der Waals surface area (Å²) in [5.74, 6) is 1.51. The van der Waals surface area contributed by atoms with Crippen LogP contribution in [0.15, 0.2) is 48.5 Å². The van der Waals surface area contributed by atoms with Gasteiger partial charge >= 0.3 is 0 Å². The lowest BCUT2D eigenvalue weighted by Crippen LogP contribution is -2.09. The number of benzene rings is 2. The quantitative estimate of drug-likeness (QED) is 0.822. The third kappa shape index (κ3) is 6.06. The van der Waals surface area contributed by atoms with Gasteiger partial charge in [-0.05, 0) is 48.9 Å². The van der Waals surface area contributed by atoms with Crippen LogP contribution in [0.25, 0.3) is 0 Å². The van der Waals surface area contributed by atoms with Crippen molar-refractivity contribution in [3.63, 3.8) is 0 Å². The minimum absolute atomic E-state index is 0. The molecule has 2 aromatic rings. The molecule has 0 radical (unpaired) electrons. The van der Waals surface area contributed by atoms with E-state index in [9.17, 15) is 4.79 Å². The van der Waals surface area contributed by atoms with E-state index in [0.717, 1.165) is 17.2 Å². The van der Waals surface area contributed by atoms with Crippen molar-refractivity contribution < 1.29 is 14.3 Å². The van der Waals surface area contributed by atoms with Gasteiger partial charge in [-0.1, -0.05) is 12.1 Å². The fourth-order valence-corrected chi connectivity index (χ4v) is 1.86. The molecule has 0 bridgehead atoms. The van der Waals surface area contributed by atoms with E-state index in [1.165, 1.54) is 12.5 Å². The molecule has 0 atom stereocenters. The van der Waals surface area contributed by atoms with Crippen LogP contribution in [0, 0.1) is 6.92 Å². The summed E-state index contributed by atoms with van der Waals surface area (Å²) in [6, 6.07) is 15.1.